The van der Waals surface area contributed by atoms with E-state index in [0.717, 1.165) is 38.2 Å². The molecule has 3 nitrogen and oxygen atoms in total. The van der Waals surface area contributed by atoms with Crippen molar-refractivity contribution in [1.29, 1.82) is 0 Å². The molecule has 1 aromatic heterocycles. The first-order valence-electron chi connectivity index (χ1n) is 8.18. The Hall–Kier alpha value is -1.88. The monoisotopic (exact) mass is 372 g/mol. The number of thiazole rings is 1. The predicted molar refractivity (Wildman–Crippen MR) is 106 cm³/mol. The van der Waals surface area contributed by atoms with E-state index in [4.69, 9.17) is 21.3 Å². The Morgan fingerprint density at radius 3 is 2.72 bits per heavy atom. The van der Waals surface area contributed by atoms with Crippen LogP contribution in [0.4, 0.5) is 0 Å². The molecule has 0 bridgehead atoms. The zero-order chi connectivity index (χ0) is 17.8. The summed E-state index contributed by atoms with van der Waals surface area (Å²) < 4.78 is 6.10. The molecule has 0 fully saturated rings. The number of benzene rings is 2. The van der Waals surface area contributed by atoms with Crippen LogP contribution in [-0.2, 0) is 6.61 Å². The zero-order valence-corrected chi connectivity index (χ0v) is 16.1. The third-order valence-electron chi connectivity index (χ3n) is 4.10. The fourth-order valence-electron chi connectivity index (χ4n) is 2.44. The highest BCUT2D eigenvalue weighted by Gasteiger charge is 2.15. The lowest BCUT2D eigenvalue weighted by Gasteiger charge is -2.13. The van der Waals surface area contributed by atoms with Gasteiger partial charge in [-0.25, -0.2) is 4.98 Å². The molecule has 3 rings (SSSR count). The first-order valence-corrected chi connectivity index (χ1v) is 9.44. The Morgan fingerprint density at radius 1 is 1.24 bits per heavy atom. The van der Waals surface area contributed by atoms with Crippen molar-refractivity contribution in [3.63, 3.8) is 0 Å². The highest BCUT2D eigenvalue weighted by atomic mass is 35.5. The Morgan fingerprint density at radius 2 is 2.00 bits per heavy atom. The zero-order valence-electron chi connectivity index (χ0n) is 14.5. The summed E-state index contributed by atoms with van der Waals surface area (Å²) in [4.78, 5) is 4.76. The summed E-state index contributed by atoms with van der Waals surface area (Å²) in [5.74, 6) is 0.805. The molecule has 0 spiro atoms. The van der Waals surface area contributed by atoms with Gasteiger partial charge in [-0.2, -0.15) is 0 Å². The van der Waals surface area contributed by atoms with E-state index in [2.05, 4.69) is 29.8 Å². The minimum absolute atomic E-state index is 0.216. The van der Waals surface area contributed by atoms with Crippen LogP contribution < -0.4 is 10.1 Å². The van der Waals surface area contributed by atoms with E-state index in [9.17, 15) is 0 Å². The van der Waals surface area contributed by atoms with Gasteiger partial charge in [-0.3, -0.25) is 0 Å². The van der Waals surface area contributed by atoms with E-state index in [1.165, 1.54) is 0 Å². The Kier molecular flexibility index (Phi) is 5.74. The van der Waals surface area contributed by atoms with Crippen molar-refractivity contribution in [3.8, 4) is 17.0 Å². The van der Waals surface area contributed by atoms with Gasteiger partial charge in [0.15, 0.2) is 0 Å². The summed E-state index contributed by atoms with van der Waals surface area (Å²) in [7, 11) is 1.93. The van der Waals surface area contributed by atoms with E-state index < -0.39 is 0 Å². The first kappa shape index (κ1) is 17.9. The van der Waals surface area contributed by atoms with Crippen LogP contribution >= 0.6 is 22.9 Å². The van der Waals surface area contributed by atoms with Crippen LogP contribution in [0.5, 0.6) is 5.75 Å². The van der Waals surface area contributed by atoms with Crippen LogP contribution in [0.25, 0.3) is 11.3 Å². The fraction of sp³-hybridized carbons (Fsp3) is 0.250. The van der Waals surface area contributed by atoms with E-state index >= 15 is 0 Å². The number of aromatic nitrogens is 1. The summed E-state index contributed by atoms with van der Waals surface area (Å²) in [6.07, 6.45) is 0. The van der Waals surface area contributed by atoms with E-state index in [0.29, 0.717) is 6.61 Å². The number of hydrogen-bond donors (Lipinski definition) is 1. The largest absolute Gasteiger partial charge is 0.488 e. The number of aryl methyl sites for hydroxylation is 1. The van der Waals surface area contributed by atoms with Crippen molar-refractivity contribution < 1.29 is 4.74 Å². The number of halogens is 1. The van der Waals surface area contributed by atoms with Gasteiger partial charge in [-0.05, 0) is 44.2 Å². The van der Waals surface area contributed by atoms with E-state index in [-0.39, 0.29) is 6.04 Å². The van der Waals surface area contributed by atoms with Crippen LogP contribution in [0.15, 0.2) is 47.8 Å². The molecular formula is C20H21ClN2OS. The second kappa shape index (κ2) is 8.00. The van der Waals surface area contributed by atoms with Gasteiger partial charge in [0.1, 0.15) is 17.4 Å². The van der Waals surface area contributed by atoms with Gasteiger partial charge >= 0.3 is 0 Å². The molecule has 1 heterocycles. The van der Waals surface area contributed by atoms with Gasteiger partial charge in [-0.15, -0.1) is 11.3 Å². The summed E-state index contributed by atoms with van der Waals surface area (Å²) in [6, 6.07) is 14.3. The van der Waals surface area contributed by atoms with Crippen LogP contribution in [0.3, 0.4) is 0 Å². The van der Waals surface area contributed by atoms with Crippen molar-refractivity contribution in [2.75, 3.05) is 7.05 Å². The number of rotatable bonds is 6. The molecule has 1 atom stereocenters. The molecule has 130 valence electrons. The van der Waals surface area contributed by atoms with Gasteiger partial charge in [0.05, 0.1) is 11.7 Å². The SMILES string of the molecule is CNC(C)c1nc(-c2cc(Cl)c(C)cc2OCc2ccccc2)cs1. The molecule has 5 heteroatoms. The number of nitrogens with zero attached hydrogens (tertiary/aromatic N) is 1. The van der Waals surface area contributed by atoms with Crippen LogP contribution in [0, 0.1) is 6.92 Å². The number of hydrogen-bond acceptors (Lipinski definition) is 4. The average molecular weight is 373 g/mol. The lowest BCUT2D eigenvalue weighted by Crippen LogP contribution is -2.11. The van der Waals surface area contributed by atoms with E-state index in [1.807, 2.05) is 44.3 Å². The van der Waals surface area contributed by atoms with Crippen molar-refractivity contribution in [2.45, 2.75) is 26.5 Å². The smallest absolute Gasteiger partial charge is 0.129 e. The quantitative estimate of drug-likeness (QED) is 0.608. The molecule has 1 unspecified atom stereocenters. The molecule has 3 aromatic rings. The van der Waals surface area contributed by atoms with Crippen LogP contribution in [0.1, 0.15) is 29.1 Å². The van der Waals surface area contributed by atoms with Crippen molar-refractivity contribution in [3.05, 3.63) is 69.0 Å². The molecule has 0 aliphatic rings. The maximum absolute atomic E-state index is 6.36. The minimum Gasteiger partial charge on any atom is -0.488 e. The molecule has 0 aliphatic carbocycles. The lowest BCUT2D eigenvalue weighted by atomic mass is 10.1. The minimum atomic E-state index is 0.216. The third kappa shape index (κ3) is 4.21. The van der Waals surface area contributed by atoms with Gasteiger partial charge in [-0.1, -0.05) is 41.9 Å². The summed E-state index contributed by atoms with van der Waals surface area (Å²) >= 11 is 8.00. The van der Waals surface area contributed by atoms with E-state index in [1.54, 1.807) is 11.3 Å². The molecule has 0 saturated heterocycles. The normalized spacial score (nSPS) is 12.2. The third-order valence-corrected chi connectivity index (χ3v) is 5.53. The molecule has 2 aromatic carbocycles. The van der Waals surface area contributed by atoms with Gasteiger partial charge in [0, 0.05) is 16.0 Å². The molecule has 0 saturated carbocycles. The second-order valence-electron chi connectivity index (χ2n) is 5.95. The Balaban J connectivity index is 1.92. The predicted octanol–water partition coefficient (Wildman–Crippen LogP) is 5.63. The first-order chi connectivity index (χ1) is 12.1. The lowest BCUT2D eigenvalue weighted by molar-refractivity contribution is 0.307. The summed E-state index contributed by atoms with van der Waals surface area (Å²) in [6.45, 7) is 4.59. The molecule has 0 radical (unpaired) electrons. The topological polar surface area (TPSA) is 34.2 Å². The average Bonchev–Trinajstić information content (AvgIpc) is 3.12. The van der Waals surface area contributed by atoms with Gasteiger partial charge < -0.3 is 10.1 Å². The van der Waals surface area contributed by atoms with Crippen molar-refractivity contribution >= 4 is 22.9 Å². The highest BCUT2D eigenvalue weighted by Crippen LogP contribution is 2.36. The fourth-order valence-corrected chi connectivity index (χ4v) is 3.49. The maximum atomic E-state index is 6.36. The van der Waals surface area contributed by atoms with Crippen LogP contribution in [0.2, 0.25) is 5.02 Å². The maximum Gasteiger partial charge on any atom is 0.129 e. The number of ether oxygens (including phenoxy) is 1. The number of nitrogens with one attached hydrogen (secondary N) is 1. The second-order valence-corrected chi connectivity index (χ2v) is 7.25. The molecule has 0 aliphatic heterocycles. The summed E-state index contributed by atoms with van der Waals surface area (Å²) in [5, 5.41) is 7.04. The summed E-state index contributed by atoms with van der Waals surface area (Å²) in [5.41, 5.74) is 3.95. The van der Waals surface area contributed by atoms with Gasteiger partial charge in [0.2, 0.25) is 0 Å². The van der Waals surface area contributed by atoms with Crippen molar-refractivity contribution in [1.82, 2.24) is 10.3 Å². The molecule has 0 amide bonds. The standard InChI is InChI=1S/C20H21ClN2OS/c1-13-9-19(24-11-15-7-5-4-6-8-15)16(10-17(13)21)18-12-25-20(23-18)14(2)22-3/h4-10,12,14,22H,11H2,1-3H3. The molecular weight excluding hydrogens is 352 g/mol. The Labute approximate surface area is 157 Å². The molecule has 25 heavy (non-hydrogen) atoms. The van der Waals surface area contributed by atoms with Crippen LogP contribution in [-0.4, -0.2) is 12.0 Å². The highest BCUT2D eigenvalue weighted by molar-refractivity contribution is 7.10. The van der Waals surface area contributed by atoms with Crippen molar-refractivity contribution in [2.24, 2.45) is 0 Å². The van der Waals surface area contributed by atoms with Gasteiger partial charge in [0.25, 0.3) is 0 Å². The Bertz CT molecular complexity index is 848. The molecule has 1 N–H and O–H groups in total.